The van der Waals surface area contributed by atoms with Gasteiger partial charge in [0.05, 0.1) is 155 Å². The monoisotopic (exact) mass is 704 g/mol. The van der Waals surface area contributed by atoms with Crippen LogP contribution in [0, 0.1) is 0 Å². The number of rotatable bonds is 35. The molecule has 0 heterocycles. The summed E-state index contributed by atoms with van der Waals surface area (Å²) in [6.45, 7) is 9.62. The van der Waals surface area contributed by atoms with Gasteiger partial charge in [-0.25, -0.2) is 8.42 Å². The van der Waals surface area contributed by atoms with Crippen molar-refractivity contribution in [1.82, 2.24) is 0 Å². The molecular formula is C33H54NO13S-. The van der Waals surface area contributed by atoms with Crippen LogP contribution in [0.15, 0.2) is 42.5 Å². The van der Waals surface area contributed by atoms with E-state index in [1.54, 1.807) is 19.2 Å². The fourth-order valence-corrected chi connectivity index (χ4v) is 4.75. The number of fused-ring (bicyclic) bond motifs is 1. The van der Waals surface area contributed by atoms with Crippen LogP contribution in [0.1, 0.15) is 0 Å². The Morgan fingerprint density at radius 3 is 1.17 bits per heavy atom. The number of methoxy groups -OCH3 is 1. The highest BCUT2D eigenvalue weighted by molar-refractivity contribution is 7.94. The third kappa shape index (κ3) is 23.4. The minimum Gasteiger partial charge on any atom is -0.576 e. The molecule has 2 aromatic carbocycles. The van der Waals surface area contributed by atoms with Crippen molar-refractivity contribution < 1.29 is 60.5 Å². The van der Waals surface area contributed by atoms with Crippen molar-refractivity contribution in [1.29, 1.82) is 0 Å². The molecule has 15 heteroatoms. The Morgan fingerprint density at radius 2 is 0.771 bits per heavy atom. The highest BCUT2D eigenvalue weighted by Crippen LogP contribution is 2.31. The largest absolute Gasteiger partial charge is 0.576 e. The van der Waals surface area contributed by atoms with E-state index in [0.717, 1.165) is 10.8 Å². The van der Waals surface area contributed by atoms with Gasteiger partial charge in [-0.1, -0.05) is 42.5 Å². The van der Waals surface area contributed by atoms with Gasteiger partial charge in [0.1, 0.15) is 0 Å². The fraction of sp³-hybridized carbons (Fsp3) is 0.697. The lowest BCUT2D eigenvalue weighted by molar-refractivity contribution is -0.0269. The molecule has 0 atom stereocenters. The number of hydrogen-bond donors (Lipinski definition) is 0. The Hall–Kier alpha value is -1.99. The molecule has 0 unspecified atom stereocenters. The molecule has 2 aromatic rings. The molecule has 276 valence electrons. The first-order valence-corrected chi connectivity index (χ1v) is 17.9. The van der Waals surface area contributed by atoms with E-state index in [4.69, 9.17) is 52.1 Å². The Labute approximate surface area is 285 Å². The van der Waals surface area contributed by atoms with Gasteiger partial charge < -0.3 is 56.8 Å². The van der Waals surface area contributed by atoms with E-state index in [0.29, 0.717) is 131 Å². The van der Waals surface area contributed by atoms with Gasteiger partial charge in [0.15, 0.2) is 0 Å². The van der Waals surface area contributed by atoms with E-state index in [1.165, 1.54) is 0 Å². The molecule has 0 aliphatic heterocycles. The Balaban J connectivity index is 1.23. The highest BCUT2D eigenvalue weighted by atomic mass is 32.2. The fourth-order valence-electron chi connectivity index (χ4n) is 3.87. The summed E-state index contributed by atoms with van der Waals surface area (Å²) >= 11 is 0. The summed E-state index contributed by atoms with van der Waals surface area (Å²) in [5.74, 6) is -0.198. The third-order valence-electron chi connectivity index (χ3n) is 6.27. The first-order chi connectivity index (χ1) is 23.6. The Kier molecular flexibility index (Phi) is 26.3. The molecule has 0 aliphatic rings. The first-order valence-electron chi connectivity index (χ1n) is 16.3. The van der Waals surface area contributed by atoms with Crippen LogP contribution in [0.3, 0.4) is 0 Å². The smallest absolute Gasteiger partial charge is 0.0960 e. The predicted octanol–water partition coefficient (Wildman–Crippen LogP) is 2.99. The van der Waals surface area contributed by atoms with Gasteiger partial charge in [0.2, 0.25) is 0 Å². The second-order valence-electron chi connectivity index (χ2n) is 9.99. The minimum absolute atomic E-state index is 0.0435. The van der Waals surface area contributed by atoms with Crippen molar-refractivity contribution in [3.05, 3.63) is 47.2 Å². The molecule has 0 spiro atoms. The van der Waals surface area contributed by atoms with Gasteiger partial charge in [-0.3, -0.25) is 0 Å². The van der Waals surface area contributed by atoms with Crippen molar-refractivity contribution in [3.63, 3.8) is 0 Å². The summed E-state index contributed by atoms with van der Waals surface area (Å²) in [6, 6.07) is 12.9. The number of benzene rings is 2. The average Bonchev–Trinajstić information content (AvgIpc) is 3.09. The summed E-state index contributed by atoms with van der Waals surface area (Å²) in [7, 11) is -2.02. The maximum absolute atomic E-state index is 12.4. The normalized spacial score (nSPS) is 11.9. The van der Waals surface area contributed by atoms with Gasteiger partial charge in [0, 0.05) is 7.11 Å². The summed E-state index contributed by atoms with van der Waals surface area (Å²) in [5, 5.41) is 1.74. The second-order valence-corrected chi connectivity index (χ2v) is 11.7. The molecule has 0 aromatic heterocycles. The molecule has 2 rings (SSSR count). The van der Waals surface area contributed by atoms with E-state index in [1.807, 2.05) is 30.3 Å². The third-order valence-corrected chi connectivity index (χ3v) is 7.43. The van der Waals surface area contributed by atoms with E-state index < -0.39 is 10.0 Å². The van der Waals surface area contributed by atoms with E-state index in [9.17, 15) is 8.42 Å². The molecule has 0 saturated carbocycles. The van der Waals surface area contributed by atoms with Crippen molar-refractivity contribution in [3.8, 4) is 0 Å². The SMILES string of the molecule is COCCOCCOCCOCCOCCOCCOCCOCCOCCOCCOCCS(=O)(=O)[N-]c1cccc2ccccc12. The molecule has 0 radical (unpaired) electrons. The van der Waals surface area contributed by atoms with Crippen LogP contribution < -0.4 is 0 Å². The molecule has 0 saturated heterocycles. The predicted molar refractivity (Wildman–Crippen MR) is 181 cm³/mol. The Morgan fingerprint density at radius 1 is 0.438 bits per heavy atom. The summed E-state index contributed by atoms with van der Waals surface area (Å²) < 4.78 is 87.9. The number of hydrogen-bond acceptors (Lipinski definition) is 13. The molecule has 0 fully saturated rings. The molecule has 48 heavy (non-hydrogen) atoms. The molecule has 0 N–H and O–H groups in total. The first kappa shape index (κ1) is 42.2. The van der Waals surface area contributed by atoms with Crippen molar-refractivity contribution in [2.45, 2.75) is 0 Å². The van der Waals surface area contributed by atoms with Crippen LogP contribution in [0.25, 0.3) is 15.5 Å². The number of ether oxygens (including phenoxy) is 11. The summed E-state index contributed by atoms with van der Waals surface area (Å²) in [4.78, 5) is 0. The summed E-state index contributed by atoms with van der Waals surface area (Å²) in [6.07, 6.45) is 0. The molecule has 0 amide bonds. The highest BCUT2D eigenvalue weighted by Gasteiger charge is 2.03. The lowest BCUT2D eigenvalue weighted by Gasteiger charge is -2.23. The minimum atomic E-state index is -3.66. The molecule has 0 aliphatic carbocycles. The van der Waals surface area contributed by atoms with Crippen LogP contribution in [0.5, 0.6) is 0 Å². The Bertz CT molecular complexity index is 1120. The van der Waals surface area contributed by atoms with Crippen LogP contribution in [0.2, 0.25) is 0 Å². The lowest BCUT2D eigenvalue weighted by Crippen LogP contribution is -2.16. The zero-order chi connectivity index (χ0) is 34.2. The van der Waals surface area contributed by atoms with Crippen molar-refractivity contribution in [2.24, 2.45) is 0 Å². The maximum atomic E-state index is 12.4. The zero-order valence-electron chi connectivity index (χ0n) is 28.3. The lowest BCUT2D eigenvalue weighted by atomic mass is 10.1. The van der Waals surface area contributed by atoms with E-state index >= 15 is 0 Å². The van der Waals surface area contributed by atoms with E-state index in [2.05, 4.69) is 4.72 Å². The molecular weight excluding hydrogens is 650 g/mol. The van der Waals surface area contributed by atoms with Crippen LogP contribution in [-0.2, 0) is 62.1 Å². The van der Waals surface area contributed by atoms with Crippen molar-refractivity contribution >= 4 is 26.5 Å². The van der Waals surface area contributed by atoms with Crippen molar-refractivity contribution in [2.75, 3.05) is 152 Å². The molecule has 0 bridgehead atoms. The second kappa shape index (κ2) is 29.9. The van der Waals surface area contributed by atoms with Crippen LogP contribution >= 0.6 is 0 Å². The van der Waals surface area contributed by atoms with Crippen LogP contribution in [-0.4, -0.2) is 160 Å². The van der Waals surface area contributed by atoms with Gasteiger partial charge in [0.25, 0.3) is 0 Å². The van der Waals surface area contributed by atoms with Crippen LogP contribution in [0.4, 0.5) is 5.69 Å². The van der Waals surface area contributed by atoms with Gasteiger partial charge in [-0.2, -0.15) is 0 Å². The maximum Gasteiger partial charge on any atom is 0.0960 e. The summed E-state index contributed by atoms with van der Waals surface area (Å²) in [5.41, 5.74) is 0.434. The standard InChI is InChI=1S/C33H54NO13S/c1-37-9-10-38-11-12-39-13-14-40-15-16-41-17-18-42-19-20-43-21-22-44-23-24-45-25-26-46-27-28-47-29-30-48(35,36)34-33-8-4-6-31-5-2-3-7-32(31)33/h2-8H,9-30H2,1H3/q-1. The zero-order valence-corrected chi connectivity index (χ0v) is 29.1. The van der Waals surface area contributed by atoms with Gasteiger partial charge in [-0.05, 0) is 10.8 Å². The average molecular weight is 705 g/mol. The van der Waals surface area contributed by atoms with Gasteiger partial charge >= 0.3 is 0 Å². The number of nitrogens with zero attached hydrogens (tertiary/aromatic N) is 1. The van der Waals surface area contributed by atoms with Gasteiger partial charge in [-0.15, -0.1) is 5.69 Å². The quantitative estimate of drug-likeness (QED) is 0.0969. The topological polar surface area (TPSA) is 150 Å². The molecule has 14 nitrogen and oxygen atoms in total. The van der Waals surface area contributed by atoms with E-state index in [-0.39, 0.29) is 19.0 Å². The number of sulfonamides is 1.